The standard InChI is InChI=1S/C23H29FN2O4/c1-30-23(29)20-14-17-4-2-3-5-19(17)26(20)22(28)16-10-12-25(13-11-16)21(27)15-6-8-18(24)9-7-15/h6-9,16-17,19-20H,2-5,10-14H2,1H3. The Morgan fingerprint density at radius 3 is 2.33 bits per heavy atom. The number of likely N-dealkylation sites (tertiary alicyclic amines) is 2. The molecule has 0 N–H and O–H groups in total. The molecular weight excluding hydrogens is 387 g/mol. The molecule has 1 saturated carbocycles. The Hall–Kier alpha value is -2.44. The fourth-order valence-corrected chi connectivity index (χ4v) is 5.44. The third kappa shape index (κ3) is 3.94. The van der Waals surface area contributed by atoms with Crippen LogP contribution in [0, 0.1) is 17.7 Å². The Kier molecular flexibility index (Phi) is 6.06. The van der Waals surface area contributed by atoms with Crippen molar-refractivity contribution in [1.82, 2.24) is 9.80 Å². The number of hydrogen-bond donors (Lipinski definition) is 0. The van der Waals surface area contributed by atoms with Crippen molar-refractivity contribution in [2.24, 2.45) is 11.8 Å². The number of halogens is 1. The lowest BCUT2D eigenvalue weighted by Crippen LogP contribution is -2.51. The highest BCUT2D eigenvalue weighted by atomic mass is 19.1. The average molecular weight is 416 g/mol. The fraction of sp³-hybridized carbons (Fsp3) is 0.609. The van der Waals surface area contributed by atoms with Gasteiger partial charge in [0, 0.05) is 30.6 Å². The van der Waals surface area contributed by atoms with Gasteiger partial charge in [0.05, 0.1) is 7.11 Å². The molecule has 3 unspecified atom stereocenters. The first-order valence-electron chi connectivity index (χ1n) is 10.9. The number of hydrogen-bond acceptors (Lipinski definition) is 4. The van der Waals surface area contributed by atoms with E-state index in [4.69, 9.17) is 4.74 Å². The summed E-state index contributed by atoms with van der Waals surface area (Å²) in [6, 6.07) is 5.20. The minimum Gasteiger partial charge on any atom is -0.467 e. The molecule has 4 rings (SSSR count). The van der Waals surface area contributed by atoms with E-state index in [1.807, 2.05) is 4.90 Å². The highest BCUT2D eigenvalue weighted by molar-refractivity contribution is 5.94. The van der Waals surface area contributed by atoms with E-state index in [2.05, 4.69) is 0 Å². The first-order chi connectivity index (χ1) is 14.5. The number of amides is 2. The third-order valence-corrected chi connectivity index (χ3v) is 7.04. The van der Waals surface area contributed by atoms with Gasteiger partial charge >= 0.3 is 5.97 Å². The molecule has 0 spiro atoms. The number of rotatable bonds is 3. The van der Waals surface area contributed by atoms with Crippen molar-refractivity contribution in [2.75, 3.05) is 20.2 Å². The van der Waals surface area contributed by atoms with Crippen LogP contribution in [0.2, 0.25) is 0 Å². The second kappa shape index (κ2) is 8.74. The van der Waals surface area contributed by atoms with Crippen LogP contribution in [0.25, 0.3) is 0 Å². The van der Waals surface area contributed by atoms with Gasteiger partial charge in [0.25, 0.3) is 5.91 Å². The molecule has 1 aromatic carbocycles. The van der Waals surface area contributed by atoms with Crippen LogP contribution in [0.15, 0.2) is 24.3 Å². The fourth-order valence-electron chi connectivity index (χ4n) is 5.44. The molecular formula is C23H29FN2O4. The molecule has 2 saturated heterocycles. The van der Waals surface area contributed by atoms with Crippen molar-refractivity contribution in [3.05, 3.63) is 35.6 Å². The summed E-state index contributed by atoms with van der Waals surface area (Å²) in [4.78, 5) is 42.0. The Balaban J connectivity index is 1.42. The van der Waals surface area contributed by atoms with Gasteiger partial charge in [-0.2, -0.15) is 0 Å². The predicted octanol–water partition coefficient (Wildman–Crippen LogP) is 3.01. The van der Waals surface area contributed by atoms with E-state index in [1.54, 1.807) is 4.90 Å². The molecule has 1 aromatic rings. The minimum atomic E-state index is -0.477. The Morgan fingerprint density at radius 2 is 1.67 bits per heavy atom. The molecule has 0 radical (unpaired) electrons. The number of carbonyl (C=O) groups excluding carboxylic acids is 3. The summed E-state index contributed by atoms with van der Waals surface area (Å²) < 4.78 is 18.1. The largest absolute Gasteiger partial charge is 0.467 e. The summed E-state index contributed by atoms with van der Waals surface area (Å²) in [6.07, 6.45) is 6.11. The van der Waals surface area contributed by atoms with E-state index < -0.39 is 6.04 Å². The number of carbonyl (C=O) groups is 3. The van der Waals surface area contributed by atoms with E-state index >= 15 is 0 Å². The predicted molar refractivity (Wildman–Crippen MR) is 108 cm³/mol. The van der Waals surface area contributed by atoms with Crippen molar-refractivity contribution < 1.29 is 23.5 Å². The lowest BCUT2D eigenvalue weighted by Gasteiger charge is -2.38. The summed E-state index contributed by atoms with van der Waals surface area (Å²) in [5, 5.41) is 0. The van der Waals surface area contributed by atoms with Crippen molar-refractivity contribution >= 4 is 17.8 Å². The molecule has 0 aromatic heterocycles. The molecule has 30 heavy (non-hydrogen) atoms. The quantitative estimate of drug-likeness (QED) is 0.711. The van der Waals surface area contributed by atoms with E-state index in [-0.39, 0.29) is 35.6 Å². The van der Waals surface area contributed by atoms with Gasteiger partial charge in [-0.05, 0) is 62.3 Å². The van der Waals surface area contributed by atoms with Gasteiger partial charge in [0.15, 0.2) is 0 Å². The lowest BCUT2D eigenvalue weighted by atomic mass is 9.84. The second-order valence-corrected chi connectivity index (χ2v) is 8.71. The minimum absolute atomic E-state index is 0.0358. The van der Waals surface area contributed by atoms with Crippen LogP contribution in [0.1, 0.15) is 55.3 Å². The molecule has 2 amide bonds. The zero-order chi connectivity index (χ0) is 21.3. The molecule has 1 aliphatic carbocycles. The molecule has 0 bridgehead atoms. The van der Waals surface area contributed by atoms with Crippen molar-refractivity contribution in [3.8, 4) is 0 Å². The summed E-state index contributed by atoms with van der Waals surface area (Å²) in [6.45, 7) is 0.967. The molecule has 162 valence electrons. The van der Waals surface area contributed by atoms with Gasteiger partial charge in [0.2, 0.25) is 5.91 Å². The van der Waals surface area contributed by atoms with Crippen LogP contribution in [-0.2, 0) is 14.3 Å². The number of benzene rings is 1. The zero-order valence-corrected chi connectivity index (χ0v) is 17.4. The Morgan fingerprint density at radius 1 is 1.00 bits per heavy atom. The van der Waals surface area contributed by atoms with Gasteiger partial charge in [-0.1, -0.05) is 12.8 Å². The van der Waals surface area contributed by atoms with Gasteiger partial charge in [0.1, 0.15) is 11.9 Å². The van der Waals surface area contributed by atoms with Crippen molar-refractivity contribution in [3.63, 3.8) is 0 Å². The van der Waals surface area contributed by atoms with E-state index in [0.717, 1.165) is 25.7 Å². The Labute approximate surface area is 176 Å². The van der Waals surface area contributed by atoms with Gasteiger partial charge < -0.3 is 14.5 Å². The normalized spacial score (nSPS) is 26.9. The topological polar surface area (TPSA) is 66.9 Å². The Bertz CT molecular complexity index is 804. The third-order valence-electron chi connectivity index (χ3n) is 7.04. The van der Waals surface area contributed by atoms with Crippen LogP contribution in [-0.4, -0.2) is 59.9 Å². The van der Waals surface area contributed by atoms with Crippen LogP contribution in [0.5, 0.6) is 0 Å². The summed E-state index contributed by atoms with van der Waals surface area (Å²) >= 11 is 0. The number of esters is 1. The molecule has 3 aliphatic rings. The number of ether oxygens (including phenoxy) is 1. The highest BCUT2D eigenvalue weighted by Crippen LogP contribution is 2.41. The first kappa shape index (κ1) is 20.8. The monoisotopic (exact) mass is 416 g/mol. The maximum absolute atomic E-state index is 13.4. The maximum Gasteiger partial charge on any atom is 0.328 e. The molecule has 7 heteroatoms. The summed E-state index contributed by atoms with van der Waals surface area (Å²) in [7, 11) is 1.38. The number of piperidine rings is 1. The summed E-state index contributed by atoms with van der Waals surface area (Å²) in [5.41, 5.74) is 0.455. The average Bonchev–Trinajstić information content (AvgIpc) is 3.18. The maximum atomic E-state index is 13.4. The van der Waals surface area contributed by atoms with Crippen molar-refractivity contribution in [1.29, 1.82) is 0 Å². The second-order valence-electron chi connectivity index (χ2n) is 8.71. The van der Waals surface area contributed by atoms with E-state index in [1.165, 1.54) is 31.4 Å². The molecule has 6 nitrogen and oxygen atoms in total. The SMILES string of the molecule is COC(=O)C1CC2CCCCC2N1C(=O)C1CCN(C(=O)c2ccc(F)cc2)CC1. The van der Waals surface area contributed by atoms with E-state index in [9.17, 15) is 18.8 Å². The number of nitrogens with zero attached hydrogens (tertiary/aromatic N) is 2. The molecule has 3 atom stereocenters. The van der Waals surface area contributed by atoms with Gasteiger partial charge in [-0.25, -0.2) is 9.18 Å². The van der Waals surface area contributed by atoms with Crippen LogP contribution in [0.4, 0.5) is 4.39 Å². The highest BCUT2D eigenvalue weighted by Gasteiger charge is 2.49. The molecule has 3 fully saturated rings. The lowest BCUT2D eigenvalue weighted by molar-refractivity contribution is -0.154. The smallest absolute Gasteiger partial charge is 0.328 e. The molecule has 2 heterocycles. The van der Waals surface area contributed by atoms with Crippen LogP contribution in [0.3, 0.4) is 0 Å². The summed E-state index contributed by atoms with van der Waals surface area (Å²) in [5.74, 6) is -0.595. The van der Waals surface area contributed by atoms with Gasteiger partial charge in [-0.15, -0.1) is 0 Å². The molecule has 2 aliphatic heterocycles. The number of methoxy groups -OCH3 is 1. The van der Waals surface area contributed by atoms with Crippen LogP contribution >= 0.6 is 0 Å². The first-order valence-corrected chi connectivity index (χ1v) is 10.9. The van der Waals surface area contributed by atoms with E-state index in [0.29, 0.717) is 43.8 Å². The van der Waals surface area contributed by atoms with Crippen molar-refractivity contribution in [2.45, 2.75) is 57.0 Å². The zero-order valence-electron chi connectivity index (χ0n) is 17.4. The van der Waals surface area contributed by atoms with Gasteiger partial charge in [-0.3, -0.25) is 9.59 Å². The van der Waals surface area contributed by atoms with Crippen LogP contribution < -0.4 is 0 Å². The number of fused-ring (bicyclic) bond motifs is 1.